The number of hydrogen-bond donors (Lipinski definition) is 0. The average Bonchev–Trinajstić information content (AvgIpc) is 3.30. The molecule has 3 fully saturated rings. The quantitative estimate of drug-likeness (QED) is 0.778. The highest BCUT2D eigenvalue weighted by Gasteiger charge is 2.44. The van der Waals surface area contributed by atoms with Gasteiger partial charge in [-0.15, -0.1) is 0 Å². The summed E-state index contributed by atoms with van der Waals surface area (Å²) in [6.45, 7) is 7.22. The smallest absolute Gasteiger partial charge is 0.260 e. The van der Waals surface area contributed by atoms with E-state index in [2.05, 4.69) is 9.80 Å². The van der Waals surface area contributed by atoms with Crippen LogP contribution in [0.3, 0.4) is 0 Å². The maximum Gasteiger partial charge on any atom is 0.260 e. The van der Waals surface area contributed by atoms with Gasteiger partial charge < -0.3 is 19.3 Å². The Labute approximate surface area is 169 Å². The number of ether oxygens (including phenoxy) is 2. The standard InChI is InChI=1S/C23H34N2O3/c1-19-7-2-3-9-21(19)28-18-22(26)25-14-6-11-23(25)10-5-13-24(15-12-23)17-20-8-4-16-27-20/h2-3,7,9,20H,4-6,8,10-18H2,1H3. The van der Waals surface area contributed by atoms with Crippen LogP contribution in [-0.2, 0) is 9.53 Å². The molecule has 2 atom stereocenters. The molecule has 1 amide bonds. The average molecular weight is 387 g/mol. The lowest BCUT2D eigenvalue weighted by molar-refractivity contribution is -0.138. The van der Waals surface area contributed by atoms with Gasteiger partial charge in [-0.1, -0.05) is 18.2 Å². The Balaban J connectivity index is 1.35. The fourth-order valence-electron chi connectivity index (χ4n) is 5.28. The first-order valence-electron chi connectivity index (χ1n) is 11.0. The van der Waals surface area contributed by atoms with Crippen LogP contribution in [0.2, 0.25) is 0 Å². The van der Waals surface area contributed by atoms with Gasteiger partial charge in [0.15, 0.2) is 6.61 Å². The van der Waals surface area contributed by atoms with E-state index in [9.17, 15) is 4.79 Å². The molecule has 3 heterocycles. The van der Waals surface area contributed by atoms with Crippen molar-refractivity contribution in [2.45, 2.75) is 63.5 Å². The summed E-state index contributed by atoms with van der Waals surface area (Å²) in [6.07, 6.45) is 8.42. The first-order valence-corrected chi connectivity index (χ1v) is 11.0. The summed E-state index contributed by atoms with van der Waals surface area (Å²) in [4.78, 5) is 17.8. The fourth-order valence-corrected chi connectivity index (χ4v) is 5.28. The fraction of sp³-hybridized carbons (Fsp3) is 0.696. The van der Waals surface area contributed by atoms with Crippen LogP contribution < -0.4 is 4.74 Å². The van der Waals surface area contributed by atoms with Crippen molar-refractivity contribution in [1.29, 1.82) is 0 Å². The van der Waals surface area contributed by atoms with Crippen LogP contribution in [0.15, 0.2) is 24.3 Å². The van der Waals surface area contributed by atoms with Crippen LogP contribution in [0.4, 0.5) is 0 Å². The van der Waals surface area contributed by atoms with E-state index in [1.807, 2.05) is 31.2 Å². The first kappa shape index (κ1) is 19.7. The summed E-state index contributed by atoms with van der Waals surface area (Å²) < 4.78 is 11.7. The van der Waals surface area contributed by atoms with Gasteiger partial charge in [-0.3, -0.25) is 4.79 Å². The minimum atomic E-state index is 0.0391. The van der Waals surface area contributed by atoms with Crippen LogP contribution in [-0.4, -0.2) is 66.7 Å². The highest BCUT2D eigenvalue weighted by atomic mass is 16.5. The SMILES string of the molecule is Cc1ccccc1OCC(=O)N1CCCC12CCCN(CC1CCCO1)CC2. The van der Waals surface area contributed by atoms with Crippen molar-refractivity contribution in [3.05, 3.63) is 29.8 Å². The van der Waals surface area contributed by atoms with Gasteiger partial charge in [0.2, 0.25) is 0 Å². The van der Waals surface area contributed by atoms with E-state index in [4.69, 9.17) is 9.47 Å². The van der Waals surface area contributed by atoms with Gasteiger partial charge >= 0.3 is 0 Å². The summed E-state index contributed by atoms with van der Waals surface area (Å²) in [6, 6.07) is 7.91. The van der Waals surface area contributed by atoms with Crippen LogP contribution >= 0.6 is 0 Å². The van der Waals surface area contributed by atoms with Crippen molar-refractivity contribution < 1.29 is 14.3 Å². The molecule has 4 rings (SSSR count). The predicted molar refractivity (Wildman–Crippen MR) is 110 cm³/mol. The van der Waals surface area contributed by atoms with Gasteiger partial charge in [0.25, 0.3) is 5.91 Å². The van der Waals surface area contributed by atoms with Crippen molar-refractivity contribution in [2.24, 2.45) is 0 Å². The molecular formula is C23H34N2O3. The highest BCUT2D eigenvalue weighted by molar-refractivity contribution is 5.79. The topological polar surface area (TPSA) is 42.0 Å². The van der Waals surface area contributed by atoms with Gasteiger partial charge in [-0.25, -0.2) is 0 Å². The number of aryl methyl sites for hydroxylation is 1. The summed E-state index contributed by atoms with van der Waals surface area (Å²) in [5.41, 5.74) is 1.11. The number of carbonyl (C=O) groups excluding carboxylic acids is 1. The Bertz CT molecular complexity index is 674. The lowest BCUT2D eigenvalue weighted by Crippen LogP contribution is -2.49. The maximum absolute atomic E-state index is 13.0. The Morgan fingerprint density at radius 3 is 2.75 bits per heavy atom. The van der Waals surface area contributed by atoms with Crippen LogP contribution in [0.5, 0.6) is 5.75 Å². The molecule has 3 aliphatic heterocycles. The maximum atomic E-state index is 13.0. The molecular weight excluding hydrogens is 352 g/mol. The van der Waals surface area contributed by atoms with Gasteiger partial charge in [0, 0.05) is 31.8 Å². The summed E-state index contributed by atoms with van der Waals surface area (Å²) >= 11 is 0. The Morgan fingerprint density at radius 2 is 1.96 bits per heavy atom. The number of likely N-dealkylation sites (tertiary alicyclic amines) is 2. The Kier molecular flexibility index (Phi) is 6.22. The minimum absolute atomic E-state index is 0.0391. The molecule has 0 N–H and O–H groups in total. The third-order valence-electron chi connectivity index (χ3n) is 6.84. The molecule has 1 spiro atoms. The third kappa shape index (κ3) is 4.36. The second-order valence-corrected chi connectivity index (χ2v) is 8.72. The molecule has 0 bridgehead atoms. The zero-order valence-corrected chi connectivity index (χ0v) is 17.2. The van der Waals surface area contributed by atoms with Gasteiger partial charge in [-0.05, 0) is 70.0 Å². The molecule has 0 aliphatic carbocycles. The number of rotatable bonds is 5. The van der Waals surface area contributed by atoms with E-state index in [1.165, 1.54) is 12.8 Å². The Hall–Kier alpha value is -1.59. The first-order chi connectivity index (χ1) is 13.7. The van der Waals surface area contributed by atoms with E-state index in [-0.39, 0.29) is 18.1 Å². The molecule has 5 heteroatoms. The van der Waals surface area contributed by atoms with Gasteiger partial charge in [0.05, 0.1) is 6.10 Å². The van der Waals surface area contributed by atoms with E-state index in [0.29, 0.717) is 6.10 Å². The second-order valence-electron chi connectivity index (χ2n) is 8.72. The van der Waals surface area contributed by atoms with E-state index in [1.54, 1.807) is 0 Å². The molecule has 3 aliphatic rings. The number of hydrogen-bond acceptors (Lipinski definition) is 4. The van der Waals surface area contributed by atoms with Crippen LogP contribution in [0, 0.1) is 6.92 Å². The number of benzene rings is 1. The summed E-state index contributed by atoms with van der Waals surface area (Å²) in [7, 11) is 0. The van der Waals surface area contributed by atoms with Gasteiger partial charge in [-0.2, -0.15) is 0 Å². The minimum Gasteiger partial charge on any atom is -0.484 e. The normalized spacial score (nSPS) is 28.6. The lowest BCUT2D eigenvalue weighted by atomic mass is 9.87. The molecule has 2 unspecified atom stereocenters. The number of amides is 1. The zero-order valence-electron chi connectivity index (χ0n) is 17.2. The molecule has 0 aromatic heterocycles. The van der Waals surface area contributed by atoms with Crippen LogP contribution in [0.25, 0.3) is 0 Å². The molecule has 28 heavy (non-hydrogen) atoms. The molecule has 1 aromatic rings. The molecule has 154 valence electrons. The molecule has 0 radical (unpaired) electrons. The monoisotopic (exact) mass is 386 g/mol. The van der Waals surface area contributed by atoms with Crippen LogP contribution in [0.1, 0.15) is 50.5 Å². The largest absolute Gasteiger partial charge is 0.484 e. The van der Waals surface area contributed by atoms with E-state index in [0.717, 1.165) is 76.2 Å². The van der Waals surface area contributed by atoms with Crippen molar-refractivity contribution in [3.8, 4) is 5.75 Å². The highest BCUT2D eigenvalue weighted by Crippen LogP contribution is 2.38. The number of para-hydroxylation sites is 1. The second kappa shape index (κ2) is 8.83. The molecule has 3 saturated heterocycles. The molecule has 0 saturated carbocycles. The van der Waals surface area contributed by atoms with Crippen molar-refractivity contribution in [1.82, 2.24) is 9.80 Å². The van der Waals surface area contributed by atoms with Crippen molar-refractivity contribution in [3.63, 3.8) is 0 Å². The zero-order chi connectivity index (χ0) is 19.4. The van der Waals surface area contributed by atoms with Crippen molar-refractivity contribution in [2.75, 3.05) is 39.4 Å². The molecule has 1 aromatic carbocycles. The van der Waals surface area contributed by atoms with E-state index >= 15 is 0 Å². The van der Waals surface area contributed by atoms with E-state index < -0.39 is 0 Å². The number of carbonyl (C=O) groups is 1. The number of nitrogens with zero attached hydrogens (tertiary/aromatic N) is 2. The van der Waals surface area contributed by atoms with Crippen molar-refractivity contribution >= 4 is 5.91 Å². The third-order valence-corrected chi connectivity index (χ3v) is 6.84. The lowest BCUT2D eigenvalue weighted by Gasteiger charge is -2.38. The summed E-state index contributed by atoms with van der Waals surface area (Å²) in [5, 5.41) is 0. The molecule has 5 nitrogen and oxygen atoms in total. The Morgan fingerprint density at radius 1 is 1.14 bits per heavy atom. The van der Waals surface area contributed by atoms with Gasteiger partial charge in [0.1, 0.15) is 5.75 Å². The predicted octanol–water partition coefficient (Wildman–Crippen LogP) is 3.40. The summed E-state index contributed by atoms with van der Waals surface area (Å²) in [5.74, 6) is 0.959.